The molecule has 0 bridgehead atoms. The van der Waals surface area contributed by atoms with Crippen LogP contribution in [0.2, 0.25) is 0 Å². The van der Waals surface area contributed by atoms with E-state index in [2.05, 4.69) is 0 Å². The summed E-state index contributed by atoms with van der Waals surface area (Å²) in [6.07, 6.45) is 3.99. The SMILES string of the molecule is NC1CCCCC1Oc1ccccc1C(=O)O. The third-order valence-corrected chi connectivity index (χ3v) is 3.15. The van der Waals surface area contributed by atoms with E-state index >= 15 is 0 Å². The number of ether oxygens (including phenoxy) is 1. The molecule has 4 nitrogen and oxygen atoms in total. The number of nitrogens with two attached hydrogens (primary N) is 1. The molecule has 17 heavy (non-hydrogen) atoms. The molecule has 1 aliphatic rings. The monoisotopic (exact) mass is 235 g/mol. The van der Waals surface area contributed by atoms with Gasteiger partial charge in [-0.1, -0.05) is 18.6 Å². The highest BCUT2D eigenvalue weighted by Crippen LogP contribution is 2.25. The molecule has 1 aromatic carbocycles. The number of rotatable bonds is 3. The van der Waals surface area contributed by atoms with E-state index in [0.29, 0.717) is 5.75 Å². The van der Waals surface area contributed by atoms with Crippen LogP contribution in [0.15, 0.2) is 24.3 Å². The minimum atomic E-state index is -0.968. The summed E-state index contributed by atoms with van der Waals surface area (Å²) in [5.74, 6) is -0.549. The maximum absolute atomic E-state index is 11.0. The largest absolute Gasteiger partial charge is 0.488 e. The molecule has 0 radical (unpaired) electrons. The van der Waals surface area contributed by atoms with Crippen LogP contribution in [-0.2, 0) is 0 Å². The molecule has 0 saturated heterocycles. The number of hydrogen-bond donors (Lipinski definition) is 2. The Morgan fingerprint density at radius 2 is 2.00 bits per heavy atom. The second-order valence-electron chi connectivity index (χ2n) is 4.41. The maximum Gasteiger partial charge on any atom is 0.339 e. The van der Waals surface area contributed by atoms with Crippen molar-refractivity contribution in [2.45, 2.75) is 37.8 Å². The minimum Gasteiger partial charge on any atom is -0.488 e. The van der Waals surface area contributed by atoms with Gasteiger partial charge in [-0.3, -0.25) is 0 Å². The van der Waals surface area contributed by atoms with Gasteiger partial charge in [0.25, 0.3) is 0 Å². The van der Waals surface area contributed by atoms with E-state index in [1.807, 2.05) is 0 Å². The predicted molar refractivity (Wildman–Crippen MR) is 64.3 cm³/mol. The molecule has 4 heteroatoms. The average Bonchev–Trinajstić information content (AvgIpc) is 2.32. The predicted octanol–water partition coefficient (Wildman–Crippen LogP) is 2.03. The van der Waals surface area contributed by atoms with Gasteiger partial charge in [-0.25, -0.2) is 4.79 Å². The number of hydrogen-bond acceptors (Lipinski definition) is 3. The molecule has 0 amide bonds. The van der Waals surface area contributed by atoms with Gasteiger partial charge in [0.05, 0.1) is 0 Å². The summed E-state index contributed by atoms with van der Waals surface area (Å²) in [7, 11) is 0. The van der Waals surface area contributed by atoms with E-state index in [0.717, 1.165) is 25.7 Å². The summed E-state index contributed by atoms with van der Waals surface area (Å²) in [5.41, 5.74) is 6.18. The zero-order valence-corrected chi connectivity index (χ0v) is 9.63. The number of benzene rings is 1. The van der Waals surface area contributed by atoms with Crippen LogP contribution in [0.4, 0.5) is 0 Å². The molecule has 0 heterocycles. The first-order chi connectivity index (χ1) is 8.18. The van der Waals surface area contributed by atoms with Crippen LogP contribution in [-0.4, -0.2) is 23.2 Å². The smallest absolute Gasteiger partial charge is 0.339 e. The Hall–Kier alpha value is -1.55. The van der Waals surface area contributed by atoms with E-state index < -0.39 is 5.97 Å². The van der Waals surface area contributed by atoms with E-state index in [9.17, 15) is 4.79 Å². The van der Waals surface area contributed by atoms with E-state index in [1.165, 1.54) is 0 Å². The van der Waals surface area contributed by atoms with Crippen molar-refractivity contribution in [3.63, 3.8) is 0 Å². The van der Waals surface area contributed by atoms with Crippen molar-refractivity contribution in [2.24, 2.45) is 5.73 Å². The Bertz CT molecular complexity index is 405. The van der Waals surface area contributed by atoms with E-state index in [-0.39, 0.29) is 17.7 Å². The van der Waals surface area contributed by atoms with Gasteiger partial charge in [0, 0.05) is 6.04 Å². The molecule has 1 aromatic rings. The molecule has 0 aliphatic heterocycles. The van der Waals surface area contributed by atoms with Crippen LogP contribution in [0, 0.1) is 0 Å². The van der Waals surface area contributed by atoms with Gasteiger partial charge in [-0.15, -0.1) is 0 Å². The van der Waals surface area contributed by atoms with Crippen molar-refractivity contribution < 1.29 is 14.6 Å². The summed E-state index contributed by atoms with van der Waals surface area (Å²) in [6, 6.07) is 6.70. The Morgan fingerprint density at radius 1 is 1.29 bits per heavy atom. The quantitative estimate of drug-likeness (QED) is 0.840. The highest BCUT2D eigenvalue weighted by Gasteiger charge is 2.24. The lowest BCUT2D eigenvalue weighted by Gasteiger charge is -2.29. The zero-order valence-electron chi connectivity index (χ0n) is 9.63. The van der Waals surface area contributed by atoms with Gasteiger partial charge in [-0.2, -0.15) is 0 Å². The second-order valence-corrected chi connectivity index (χ2v) is 4.41. The molecular weight excluding hydrogens is 218 g/mol. The second kappa shape index (κ2) is 5.19. The average molecular weight is 235 g/mol. The highest BCUT2D eigenvalue weighted by molar-refractivity contribution is 5.90. The van der Waals surface area contributed by atoms with Crippen LogP contribution >= 0.6 is 0 Å². The summed E-state index contributed by atoms with van der Waals surface area (Å²) >= 11 is 0. The Balaban J connectivity index is 2.14. The summed E-state index contributed by atoms with van der Waals surface area (Å²) in [6.45, 7) is 0. The molecule has 3 N–H and O–H groups in total. The third kappa shape index (κ3) is 2.77. The minimum absolute atomic E-state index is 0.00519. The molecule has 2 unspecified atom stereocenters. The molecule has 2 rings (SSSR count). The van der Waals surface area contributed by atoms with Crippen LogP contribution < -0.4 is 10.5 Å². The number of para-hydroxylation sites is 1. The van der Waals surface area contributed by atoms with Gasteiger partial charge in [0.2, 0.25) is 0 Å². The third-order valence-electron chi connectivity index (χ3n) is 3.15. The van der Waals surface area contributed by atoms with Crippen molar-refractivity contribution in [1.29, 1.82) is 0 Å². The topological polar surface area (TPSA) is 72.5 Å². The lowest BCUT2D eigenvalue weighted by atomic mass is 9.93. The van der Waals surface area contributed by atoms with Crippen molar-refractivity contribution in [3.8, 4) is 5.75 Å². The molecule has 2 atom stereocenters. The molecule has 1 saturated carbocycles. The van der Waals surface area contributed by atoms with Crippen molar-refractivity contribution in [3.05, 3.63) is 29.8 Å². The summed E-state index contributed by atoms with van der Waals surface area (Å²) in [5, 5.41) is 9.05. The first-order valence-corrected chi connectivity index (χ1v) is 5.93. The number of aromatic carboxylic acids is 1. The van der Waals surface area contributed by atoms with Crippen molar-refractivity contribution in [1.82, 2.24) is 0 Å². The van der Waals surface area contributed by atoms with Gasteiger partial charge in [-0.05, 0) is 31.4 Å². The first kappa shape index (κ1) is 11.9. The number of carbonyl (C=O) groups is 1. The first-order valence-electron chi connectivity index (χ1n) is 5.93. The fourth-order valence-corrected chi connectivity index (χ4v) is 2.18. The van der Waals surface area contributed by atoms with Crippen LogP contribution in [0.5, 0.6) is 5.75 Å². The van der Waals surface area contributed by atoms with Crippen molar-refractivity contribution >= 4 is 5.97 Å². The van der Waals surface area contributed by atoms with Gasteiger partial charge < -0.3 is 15.6 Å². The molecule has 92 valence electrons. The van der Waals surface area contributed by atoms with E-state index in [4.69, 9.17) is 15.6 Å². The zero-order chi connectivity index (χ0) is 12.3. The Morgan fingerprint density at radius 3 is 2.71 bits per heavy atom. The molecule has 1 fully saturated rings. The standard InChI is InChI=1S/C13H17NO3/c14-10-6-2-4-8-12(10)17-11-7-3-1-5-9(11)13(15)16/h1,3,5,7,10,12H,2,4,6,8,14H2,(H,15,16). The number of carboxylic acids is 1. The summed E-state index contributed by atoms with van der Waals surface area (Å²) in [4.78, 5) is 11.0. The molecule has 1 aliphatic carbocycles. The maximum atomic E-state index is 11.0. The Labute approximate surface area is 100 Å². The van der Waals surface area contributed by atoms with Gasteiger partial charge >= 0.3 is 5.97 Å². The highest BCUT2D eigenvalue weighted by atomic mass is 16.5. The number of carboxylic acid groups (broad SMARTS) is 1. The fourth-order valence-electron chi connectivity index (χ4n) is 2.18. The lowest BCUT2D eigenvalue weighted by Crippen LogP contribution is -2.41. The fraction of sp³-hybridized carbons (Fsp3) is 0.462. The summed E-state index contributed by atoms with van der Waals surface area (Å²) < 4.78 is 5.75. The normalized spacial score (nSPS) is 24.3. The van der Waals surface area contributed by atoms with Crippen LogP contribution in [0.3, 0.4) is 0 Å². The lowest BCUT2D eigenvalue weighted by molar-refractivity contribution is 0.0683. The van der Waals surface area contributed by atoms with Crippen LogP contribution in [0.1, 0.15) is 36.0 Å². The molecule has 0 aromatic heterocycles. The van der Waals surface area contributed by atoms with Crippen molar-refractivity contribution in [2.75, 3.05) is 0 Å². The molecular formula is C13H17NO3. The van der Waals surface area contributed by atoms with Gasteiger partial charge in [0.1, 0.15) is 17.4 Å². The van der Waals surface area contributed by atoms with Gasteiger partial charge in [0.15, 0.2) is 0 Å². The van der Waals surface area contributed by atoms with Crippen LogP contribution in [0.25, 0.3) is 0 Å². The van der Waals surface area contributed by atoms with E-state index in [1.54, 1.807) is 24.3 Å². The molecule has 0 spiro atoms. The Kier molecular flexibility index (Phi) is 3.64.